The summed E-state index contributed by atoms with van der Waals surface area (Å²) in [5, 5.41) is 14.5. The number of ether oxygens (including phenoxy) is 1. The molecule has 1 aromatic heterocycles. The Balaban J connectivity index is 1.30. The molecule has 0 spiro atoms. The number of nitrogens with one attached hydrogen (secondary N) is 3. The van der Waals surface area contributed by atoms with Crippen molar-refractivity contribution >= 4 is 55.4 Å². The number of halogens is 1. The maximum atomic E-state index is 13.7. The van der Waals surface area contributed by atoms with E-state index < -0.39 is 9.84 Å². The number of hydrogen-bond acceptors (Lipinski definition) is 8. The van der Waals surface area contributed by atoms with Gasteiger partial charge in [-0.3, -0.25) is 9.89 Å². The average Bonchev–Trinajstić information content (AvgIpc) is 3.40. The van der Waals surface area contributed by atoms with Crippen molar-refractivity contribution in [1.82, 2.24) is 15.1 Å². The van der Waals surface area contributed by atoms with Crippen LogP contribution in [0.5, 0.6) is 0 Å². The van der Waals surface area contributed by atoms with Crippen molar-refractivity contribution < 1.29 is 17.9 Å². The summed E-state index contributed by atoms with van der Waals surface area (Å²) in [5.41, 5.74) is 2.90. The van der Waals surface area contributed by atoms with Gasteiger partial charge in [0, 0.05) is 67.2 Å². The largest absolute Gasteiger partial charge is 0.381 e. The number of H-pyrrole nitrogens is 1. The molecular formula is C30H33ClN6O4S. The fourth-order valence-electron chi connectivity index (χ4n) is 5.37. The molecule has 0 atom stereocenters. The van der Waals surface area contributed by atoms with Crippen LogP contribution < -0.4 is 15.5 Å². The fourth-order valence-corrected chi connectivity index (χ4v) is 6.96. The number of fused-ring (bicyclic) bond motifs is 1. The van der Waals surface area contributed by atoms with E-state index in [0.29, 0.717) is 34.7 Å². The molecule has 6 rings (SSSR count). The Morgan fingerprint density at radius 1 is 1.00 bits per heavy atom. The molecule has 4 aromatic rings. The zero-order valence-corrected chi connectivity index (χ0v) is 24.8. The number of likely N-dealkylation sites (N-methyl/N-ethyl adjacent to an activating group) is 1. The first kappa shape index (κ1) is 28.5. The number of anilines is 3. The molecule has 0 bridgehead atoms. The monoisotopic (exact) mass is 608 g/mol. The first-order valence-corrected chi connectivity index (χ1v) is 15.9. The van der Waals surface area contributed by atoms with Gasteiger partial charge >= 0.3 is 0 Å². The van der Waals surface area contributed by atoms with Gasteiger partial charge in [-0.1, -0.05) is 17.7 Å². The molecule has 12 heteroatoms. The van der Waals surface area contributed by atoms with Crippen LogP contribution in [-0.2, 0) is 14.6 Å². The second kappa shape index (κ2) is 11.9. The lowest BCUT2D eigenvalue weighted by molar-refractivity contribution is 0.0904. The van der Waals surface area contributed by atoms with Gasteiger partial charge in [-0.25, -0.2) is 8.42 Å². The predicted octanol–water partition coefficient (Wildman–Crippen LogP) is 4.64. The van der Waals surface area contributed by atoms with Crippen molar-refractivity contribution in [1.29, 1.82) is 0 Å². The molecular weight excluding hydrogens is 576 g/mol. The lowest BCUT2D eigenvalue weighted by Crippen LogP contribution is -2.44. The van der Waals surface area contributed by atoms with Gasteiger partial charge in [0.15, 0.2) is 5.82 Å². The third kappa shape index (κ3) is 5.96. The van der Waals surface area contributed by atoms with E-state index in [-0.39, 0.29) is 27.6 Å². The van der Waals surface area contributed by atoms with Crippen molar-refractivity contribution in [2.75, 3.05) is 62.0 Å². The Labute approximate surface area is 249 Å². The van der Waals surface area contributed by atoms with Crippen LogP contribution in [0.25, 0.3) is 10.9 Å². The van der Waals surface area contributed by atoms with E-state index in [2.05, 4.69) is 37.7 Å². The van der Waals surface area contributed by atoms with Gasteiger partial charge in [0.1, 0.15) is 0 Å². The first-order chi connectivity index (χ1) is 20.3. The first-order valence-electron chi connectivity index (χ1n) is 14.0. The van der Waals surface area contributed by atoms with E-state index in [1.807, 2.05) is 18.2 Å². The topological polar surface area (TPSA) is 120 Å². The molecule has 2 aliphatic rings. The zero-order chi connectivity index (χ0) is 29.3. The third-order valence-corrected chi connectivity index (χ3v) is 9.86. The number of carbonyl (C=O) groups excluding carboxylic acids is 1. The van der Waals surface area contributed by atoms with Gasteiger partial charge in [0.25, 0.3) is 5.91 Å². The zero-order valence-electron chi connectivity index (χ0n) is 23.3. The molecule has 0 radical (unpaired) electrons. The van der Waals surface area contributed by atoms with E-state index in [1.165, 1.54) is 24.3 Å². The number of hydrogen-bond donors (Lipinski definition) is 3. The summed E-state index contributed by atoms with van der Waals surface area (Å²) in [7, 11) is -1.71. The number of aromatic amines is 1. The normalized spacial score (nSPS) is 17.0. The Kier molecular flexibility index (Phi) is 8.09. The van der Waals surface area contributed by atoms with Crippen molar-refractivity contribution in [3.8, 4) is 0 Å². The van der Waals surface area contributed by atoms with Gasteiger partial charge in [-0.2, -0.15) is 5.10 Å². The number of rotatable bonds is 7. The molecule has 10 nitrogen and oxygen atoms in total. The highest BCUT2D eigenvalue weighted by Crippen LogP contribution is 2.31. The number of amides is 1. The summed E-state index contributed by atoms with van der Waals surface area (Å²) in [6, 6.07) is 16.9. The molecule has 220 valence electrons. The van der Waals surface area contributed by atoms with Gasteiger partial charge in [-0.05, 0) is 74.5 Å². The van der Waals surface area contributed by atoms with Crippen LogP contribution in [0.15, 0.2) is 70.5 Å². The summed E-state index contributed by atoms with van der Waals surface area (Å²) in [6.07, 6.45) is 1.71. The molecule has 0 saturated carbocycles. The van der Waals surface area contributed by atoms with Crippen LogP contribution in [0.3, 0.4) is 0 Å². The summed E-state index contributed by atoms with van der Waals surface area (Å²) in [4.78, 5) is 18.5. The molecule has 2 aliphatic heterocycles. The Morgan fingerprint density at radius 2 is 1.76 bits per heavy atom. The molecule has 0 aliphatic carbocycles. The highest BCUT2D eigenvalue weighted by atomic mass is 35.5. The van der Waals surface area contributed by atoms with E-state index in [9.17, 15) is 13.2 Å². The Bertz CT molecular complexity index is 1710. The number of sulfone groups is 1. The Hall–Kier alpha value is -3.64. The highest BCUT2D eigenvalue weighted by molar-refractivity contribution is 7.91. The minimum absolute atomic E-state index is 0.0765. The van der Waals surface area contributed by atoms with Gasteiger partial charge in [-0.15, -0.1) is 0 Å². The summed E-state index contributed by atoms with van der Waals surface area (Å²) in [5.74, 6) is -0.0932. The lowest BCUT2D eigenvalue weighted by Gasteiger charge is -2.34. The van der Waals surface area contributed by atoms with E-state index in [4.69, 9.17) is 16.3 Å². The number of carbonyl (C=O) groups is 1. The minimum Gasteiger partial charge on any atom is -0.381 e. The predicted molar refractivity (Wildman–Crippen MR) is 165 cm³/mol. The third-order valence-electron chi connectivity index (χ3n) is 7.88. The SMILES string of the molecule is CN1CCN(c2ccc(C(=O)Nc3n[nH]c4ccc(S(=O)(=O)c5cccc(Cl)c5)cc34)c(NC3CCOCC3)c2)CC1. The highest BCUT2D eigenvalue weighted by Gasteiger charge is 2.23. The molecule has 3 aromatic carbocycles. The number of nitrogens with zero attached hydrogens (tertiary/aromatic N) is 3. The summed E-state index contributed by atoms with van der Waals surface area (Å²) in [6.45, 7) is 5.14. The van der Waals surface area contributed by atoms with Crippen LogP contribution >= 0.6 is 11.6 Å². The molecule has 3 N–H and O–H groups in total. The van der Waals surface area contributed by atoms with Crippen molar-refractivity contribution in [2.45, 2.75) is 28.7 Å². The quantitative estimate of drug-likeness (QED) is 0.278. The fraction of sp³-hybridized carbons (Fsp3) is 0.333. The Morgan fingerprint density at radius 3 is 2.52 bits per heavy atom. The molecule has 2 fully saturated rings. The average molecular weight is 609 g/mol. The molecule has 2 saturated heterocycles. The smallest absolute Gasteiger partial charge is 0.258 e. The van der Waals surface area contributed by atoms with Gasteiger partial charge < -0.3 is 25.2 Å². The van der Waals surface area contributed by atoms with Crippen molar-refractivity contribution in [3.05, 3.63) is 71.2 Å². The second-order valence-corrected chi connectivity index (χ2v) is 13.1. The molecule has 42 heavy (non-hydrogen) atoms. The molecule has 0 unspecified atom stereocenters. The van der Waals surface area contributed by atoms with Crippen LogP contribution in [-0.4, -0.2) is 81.9 Å². The van der Waals surface area contributed by atoms with E-state index in [0.717, 1.165) is 50.4 Å². The van der Waals surface area contributed by atoms with Gasteiger partial charge in [0.2, 0.25) is 9.84 Å². The van der Waals surface area contributed by atoms with E-state index >= 15 is 0 Å². The van der Waals surface area contributed by atoms with Crippen LogP contribution in [0.2, 0.25) is 5.02 Å². The van der Waals surface area contributed by atoms with E-state index in [1.54, 1.807) is 18.2 Å². The van der Waals surface area contributed by atoms with Crippen LogP contribution in [0, 0.1) is 0 Å². The number of piperazine rings is 1. The van der Waals surface area contributed by atoms with Gasteiger partial charge in [0.05, 0.1) is 20.9 Å². The number of aromatic nitrogens is 2. The minimum atomic E-state index is -3.84. The lowest BCUT2D eigenvalue weighted by atomic mass is 10.1. The molecule has 1 amide bonds. The second-order valence-electron chi connectivity index (χ2n) is 10.7. The van der Waals surface area contributed by atoms with Crippen molar-refractivity contribution in [3.63, 3.8) is 0 Å². The maximum absolute atomic E-state index is 13.7. The maximum Gasteiger partial charge on any atom is 0.258 e. The molecule has 3 heterocycles. The van der Waals surface area contributed by atoms with Crippen LogP contribution in [0.1, 0.15) is 23.2 Å². The summed E-state index contributed by atoms with van der Waals surface area (Å²) < 4.78 is 32.2. The summed E-state index contributed by atoms with van der Waals surface area (Å²) >= 11 is 6.05. The number of benzene rings is 3. The standard InChI is InChI=1S/C30H33ClN6O4S/c1-36-11-13-37(14-12-36)22-5-7-25(28(18-22)32-21-9-15-41-16-10-21)30(38)33-29-26-19-24(6-8-27(26)34-35-29)42(39,40)23-4-2-3-20(31)17-23/h2-8,17-19,21,32H,9-16H2,1H3,(H2,33,34,35,38). The van der Waals surface area contributed by atoms with Crippen molar-refractivity contribution in [2.24, 2.45) is 0 Å². The van der Waals surface area contributed by atoms with Crippen LogP contribution in [0.4, 0.5) is 17.2 Å².